The van der Waals surface area contributed by atoms with Gasteiger partial charge in [-0.05, 0) is 20.8 Å². The van der Waals surface area contributed by atoms with Crippen LogP contribution in [0.25, 0.3) is 0 Å². The van der Waals surface area contributed by atoms with E-state index >= 15 is 0 Å². The number of amides is 1. The molecule has 0 aromatic carbocycles. The van der Waals surface area contributed by atoms with Crippen molar-refractivity contribution >= 4 is 11.7 Å². The lowest BCUT2D eigenvalue weighted by atomic mass is 10.2. The second kappa shape index (κ2) is 4.04. The van der Waals surface area contributed by atoms with Gasteiger partial charge in [0.2, 0.25) is 0 Å². The first kappa shape index (κ1) is 10.4. The van der Waals surface area contributed by atoms with E-state index in [1.54, 1.807) is 13.8 Å². The number of nitrogens with one attached hydrogen (secondary N) is 1. The van der Waals surface area contributed by atoms with Crippen LogP contribution in [0.4, 0.5) is 0 Å². The Kier molecular flexibility index (Phi) is 3.01. The van der Waals surface area contributed by atoms with Crippen molar-refractivity contribution in [3.63, 3.8) is 0 Å². The first-order valence-electron chi connectivity index (χ1n) is 4.25. The molecule has 1 aromatic heterocycles. The SMILES string of the molecule is CC(=O)C(C)NC(=O)c1cc(C)on1. The zero-order valence-corrected chi connectivity index (χ0v) is 8.33. The molecule has 1 unspecified atom stereocenters. The molecule has 14 heavy (non-hydrogen) atoms. The minimum Gasteiger partial charge on any atom is -0.361 e. The summed E-state index contributed by atoms with van der Waals surface area (Å²) in [5.41, 5.74) is 0.190. The van der Waals surface area contributed by atoms with E-state index in [1.807, 2.05) is 0 Å². The summed E-state index contributed by atoms with van der Waals surface area (Å²) < 4.78 is 4.73. The van der Waals surface area contributed by atoms with Gasteiger partial charge in [-0.15, -0.1) is 0 Å². The summed E-state index contributed by atoms with van der Waals surface area (Å²) in [6.45, 7) is 4.73. The van der Waals surface area contributed by atoms with Crippen LogP contribution in [0.1, 0.15) is 30.1 Å². The van der Waals surface area contributed by atoms with Crippen molar-refractivity contribution < 1.29 is 14.1 Å². The number of nitrogens with zero attached hydrogens (tertiary/aromatic N) is 1. The van der Waals surface area contributed by atoms with E-state index in [4.69, 9.17) is 4.52 Å². The number of rotatable bonds is 3. The maximum atomic E-state index is 11.4. The summed E-state index contributed by atoms with van der Waals surface area (Å²) in [5.74, 6) is 0.0637. The van der Waals surface area contributed by atoms with Crippen molar-refractivity contribution in [2.24, 2.45) is 0 Å². The van der Waals surface area contributed by atoms with E-state index in [2.05, 4.69) is 10.5 Å². The Morgan fingerprint density at radius 3 is 2.64 bits per heavy atom. The molecule has 0 saturated heterocycles. The summed E-state index contributed by atoms with van der Waals surface area (Å²) >= 11 is 0. The third-order valence-electron chi connectivity index (χ3n) is 1.82. The number of carbonyl (C=O) groups is 2. The Morgan fingerprint density at radius 1 is 1.57 bits per heavy atom. The lowest BCUT2D eigenvalue weighted by molar-refractivity contribution is -0.118. The monoisotopic (exact) mass is 196 g/mol. The second-order valence-corrected chi connectivity index (χ2v) is 3.13. The lowest BCUT2D eigenvalue weighted by Gasteiger charge is -2.07. The van der Waals surface area contributed by atoms with Crippen LogP contribution in [0, 0.1) is 6.92 Å². The fourth-order valence-electron chi connectivity index (χ4n) is 0.846. The number of aromatic nitrogens is 1. The van der Waals surface area contributed by atoms with E-state index in [9.17, 15) is 9.59 Å². The van der Waals surface area contributed by atoms with Crippen molar-refractivity contribution in [2.75, 3.05) is 0 Å². The molecule has 0 fully saturated rings. The quantitative estimate of drug-likeness (QED) is 0.772. The molecule has 1 rings (SSSR count). The third-order valence-corrected chi connectivity index (χ3v) is 1.82. The molecule has 0 aliphatic rings. The average molecular weight is 196 g/mol. The Hall–Kier alpha value is -1.65. The molecule has 0 radical (unpaired) electrons. The molecule has 1 heterocycles. The minimum atomic E-state index is -0.500. The average Bonchev–Trinajstić information content (AvgIpc) is 2.51. The van der Waals surface area contributed by atoms with Crippen LogP contribution in [0.2, 0.25) is 0 Å². The van der Waals surface area contributed by atoms with E-state index < -0.39 is 11.9 Å². The van der Waals surface area contributed by atoms with Gasteiger partial charge in [-0.25, -0.2) is 0 Å². The van der Waals surface area contributed by atoms with Gasteiger partial charge < -0.3 is 9.84 Å². The zero-order chi connectivity index (χ0) is 10.7. The molecular formula is C9H12N2O3. The van der Waals surface area contributed by atoms with Crippen molar-refractivity contribution in [1.82, 2.24) is 10.5 Å². The Bertz CT molecular complexity index is 357. The number of hydrogen-bond acceptors (Lipinski definition) is 4. The molecule has 0 spiro atoms. The van der Waals surface area contributed by atoms with Gasteiger partial charge in [-0.3, -0.25) is 9.59 Å². The van der Waals surface area contributed by atoms with E-state index in [-0.39, 0.29) is 11.5 Å². The van der Waals surface area contributed by atoms with Crippen LogP contribution in [0.5, 0.6) is 0 Å². The van der Waals surface area contributed by atoms with Crippen LogP contribution in [-0.2, 0) is 4.79 Å². The molecule has 0 aliphatic heterocycles. The highest BCUT2D eigenvalue weighted by atomic mass is 16.5. The van der Waals surface area contributed by atoms with Gasteiger partial charge in [0.05, 0.1) is 6.04 Å². The van der Waals surface area contributed by atoms with Crippen LogP contribution in [0.3, 0.4) is 0 Å². The minimum absolute atomic E-state index is 0.0985. The molecule has 76 valence electrons. The topological polar surface area (TPSA) is 72.2 Å². The van der Waals surface area contributed by atoms with E-state index in [0.717, 1.165) is 0 Å². The van der Waals surface area contributed by atoms with Gasteiger partial charge in [0.25, 0.3) is 5.91 Å². The number of ketones is 1. The van der Waals surface area contributed by atoms with Gasteiger partial charge in [0.15, 0.2) is 11.5 Å². The normalized spacial score (nSPS) is 12.2. The smallest absolute Gasteiger partial charge is 0.274 e. The predicted molar refractivity (Wildman–Crippen MR) is 48.8 cm³/mol. The molecule has 5 nitrogen and oxygen atoms in total. The third kappa shape index (κ3) is 2.42. The Labute approximate surface area is 81.5 Å². The van der Waals surface area contributed by atoms with Crippen LogP contribution in [0.15, 0.2) is 10.6 Å². The summed E-state index contributed by atoms with van der Waals surface area (Å²) in [6.07, 6.45) is 0. The molecule has 1 N–H and O–H groups in total. The molecule has 1 amide bonds. The van der Waals surface area contributed by atoms with Crippen molar-refractivity contribution in [2.45, 2.75) is 26.8 Å². The predicted octanol–water partition coefficient (Wildman–Crippen LogP) is 0.690. The van der Waals surface area contributed by atoms with Crippen LogP contribution >= 0.6 is 0 Å². The molecule has 1 aromatic rings. The molecule has 1 atom stereocenters. The number of aryl methyl sites for hydroxylation is 1. The highest BCUT2D eigenvalue weighted by molar-refractivity contribution is 5.95. The first-order chi connectivity index (χ1) is 6.50. The van der Waals surface area contributed by atoms with Gasteiger partial charge in [-0.2, -0.15) is 0 Å². The highest BCUT2D eigenvalue weighted by Crippen LogP contribution is 2.01. The zero-order valence-electron chi connectivity index (χ0n) is 8.33. The summed E-state index contributed by atoms with van der Waals surface area (Å²) in [4.78, 5) is 22.2. The second-order valence-electron chi connectivity index (χ2n) is 3.13. The standard InChI is InChI=1S/C9H12N2O3/c1-5-4-8(11-14-5)9(13)10-6(2)7(3)12/h4,6H,1-3H3,(H,10,13). The van der Waals surface area contributed by atoms with E-state index in [1.165, 1.54) is 13.0 Å². The fraction of sp³-hybridized carbons (Fsp3) is 0.444. The van der Waals surface area contributed by atoms with Gasteiger partial charge >= 0.3 is 0 Å². The van der Waals surface area contributed by atoms with Crippen molar-refractivity contribution in [3.05, 3.63) is 17.5 Å². The van der Waals surface area contributed by atoms with Gasteiger partial charge in [0.1, 0.15) is 5.76 Å². The maximum absolute atomic E-state index is 11.4. The van der Waals surface area contributed by atoms with Gasteiger partial charge in [-0.1, -0.05) is 5.16 Å². The first-order valence-corrected chi connectivity index (χ1v) is 4.25. The molecule has 5 heteroatoms. The molecular weight excluding hydrogens is 184 g/mol. The summed E-state index contributed by atoms with van der Waals surface area (Å²) in [5, 5.41) is 6.03. The summed E-state index contributed by atoms with van der Waals surface area (Å²) in [7, 11) is 0. The maximum Gasteiger partial charge on any atom is 0.274 e. The highest BCUT2D eigenvalue weighted by Gasteiger charge is 2.15. The van der Waals surface area contributed by atoms with Crippen molar-refractivity contribution in [1.29, 1.82) is 0 Å². The van der Waals surface area contributed by atoms with Crippen LogP contribution in [-0.4, -0.2) is 22.9 Å². The fourth-order valence-corrected chi connectivity index (χ4v) is 0.846. The largest absolute Gasteiger partial charge is 0.361 e. The van der Waals surface area contributed by atoms with Gasteiger partial charge in [0, 0.05) is 6.07 Å². The molecule has 0 bridgehead atoms. The van der Waals surface area contributed by atoms with E-state index in [0.29, 0.717) is 5.76 Å². The molecule has 0 aliphatic carbocycles. The number of carbonyl (C=O) groups excluding carboxylic acids is 2. The Balaban J connectivity index is 2.63. The summed E-state index contributed by atoms with van der Waals surface area (Å²) in [6, 6.07) is 1.02. The number of hydrogen-bond donors (Lipinski definition) is 1. The molecule has 0 saturated carbocycles. The lowest BCUT2D eigenvalue weighted by Crippen LogP contribution is -2.37. The Morgan fingerprint density at radius 2 is 2.21 bits per heavy atom. The van der Waals surface area contributed by atoms with Crippen LogP contribution < -0.4 is 5.32 Å². The number of Topliss-reactive ketones (excluding diaryl/α,β-unsaturated/α-hetero) is 1. The van der Waals surface area contributed by atoms with Crippen molar-refractivity contribution in [3.8, 4) is 0 Å².